The Balaban J connectivity index is 1.70. The normalized spacial score (nSPS) is 13.4. The van der Waals surface area contributed by atoms with Gasteiger partial charge in [0.2, 0.25) is 0 Å². The highest BCUT2D eigenvalue weighted by Gasteiger charge is 2.16. The van der Waals surface area contributed by atoms with Gasteiger partial charge in [0.05, 0.1) is 10.9 Å². The highest BCUT2D eigenvalue weighted by Crippen LogP contribution is 2.28. The van der Waals surface area contributed by atoms with E-state index in [1.165, 1.54) is 22.1 Å². The molecule has 1 aliphatic carbocycles. The predicted molar refractivity (Wildman–Crippen MR) is 105 cm³/mol. The fraction of sp³-hybridized carbons (Fsp3) is 0.250. The van der Waals surface area contributed by atoms with E-state index in [1.807, 2.05) is 12.1 Å². The summed E-state index contributed by atoms with van der Waals surface area (Å²) >= 11 is 5.16. The summed E-state index contributed by atoms with van der Waals surface area (Å²) in [6.45, 7) is 0. The van der Waals surface area contributed by atoms with Crippen molar-refractivity contribution in [1.82, 2.24) is 9.55 Å². The van der Waals surface area contributed by atoms with Crippen LogP contribution in [0, 0.1) is 4.77 Å². The molecule has 5 nitrogen and oxygen atoms in total. The molecule has 0 bridgehead atoms. The van der Waals surface area contributed by atoms with Gasteiger partial charge in [-0.25, -0.2) is 0 Å². The zero-order chi connectivity index (χ0) is 18.3. The zero-order valence-electron chi connectivity index (χ0n) is 14.5. The standard InChI is InChI=1S/C20H19N3O2S/c1-23-19(25)15-10-9-13(11-17(15)22-20(23)26)18(24)21-16-8-4-6-12-5-2-3-7-14(12)16/h4,6,8-11H,2-3,5,7H2,1H3,(H,21,24)(H,22,26). The van der Waals surface area contributed by atoms with Crippen molar-refractivity contribution in [1.29, 1.82) is 0 Å². The van der Waals surface area contributed by atoms with E-state index in [0.29, 0.717) is 21.2 Å². The predicted octanol–water partition coefficient (Wildman–Crippen LogP) is 3.73. The van der Waals surface area contributed by atoms with Gasteiger partial charge in [0.15, 0.2) is 4.77 Å². The van der Waals surface area contributed by atoms with Gasteiger partial charge in [-0.15, -0.1) is 0 Å². The molecule has 1 amide bonds. The van der Waals surface area contributed by atoms with Crippen LogP contribution in [0.5, 0.6) is 0 Å². The van der Waals surface area contributed by atoms with Crippen molar-refractivity contribution in [3.05, 3.63) is 68.2 Å². The molecule has 0 atom stereocenters. The summed E-state index contributed by atoms with van der Waals surface area (Å²) in [5.41, 5.74) is 4.32. The summed E-state index contributed by atoms with van der Waals surface area (Å²) < 4.78 is 1.71. The van der Waals surface area contributed by atoms with Crippen molar-refractivity contribution < 1.29 is 4.79 Å². The molecular weight excluding hydrogens is 346 g/mol. The number of carbonyl (C=O) groups excluding carboxylic acids is 1. The number of aryl methyl sites for hydroxylation is 1. The number of H-pyrrole nitrogens is 1. The third-order valence-electron chi connectivity index (χ3n) is 5.01. The van der Waals surface area contributed by atoms with E-state index in [0.717, 1.165) is 24.9 Å². The maximum atomic E-state index is 12.7. The van der Waals surface area contributed by atoms with Crippen molar-refractivity contribution in [3.63, 3.8) is 0 Å². The maximum Gasteiger partial charge on any atom is 0.261 e. The van der Waals surface area contributed by atoms with Crippen LogP contribution in [-0.2, 0) is 19.9 Å². The lowest BCUT2D eigenvalue weighted by molar-refractivity contribution is 0.102. The molecule has 0 aliphatic heterocycles. The number of aromatic amines is 1. The molecule has 0 spiro atoms. The molecule has 26 heavy (non-hydrogen) atoms. The molecule has 6 heteroatoms. The molecule has 0 radical (unpaired) electrons. The Labute approximate surface area is 155 Å². The number of nitrogens with one attached hydrogen (secondary N) is 2. The topological polar surface area (TPSA) is 66.9 Å². The highest BCUT2D eigenvalue weighted by molar-refractivity contribution is 7.71. The minimum absolute atomic E-state index is 0.173. The van der Waals surface area contributed by atoms with Crippen LogP contribution in [0.15, 0.2) is 41.2 Å². The third-order valence-corrected chi connectivity index (χ3v) is 5.38. The van der Waals surface area contributed by atoms with Crippen LogP contribution < -0.4 is 10.9 Å². The van der Waals surface area contributed by atoms with E-state index < -0.39 is 0 Å². The first kappa shape index (κ1) is 16.7. The summed E-state index contributed by atoms with van der Waals surface area (Å²) in [7, 11) is 1.62. The number of carbonyl (C=O) groups is 1. The minimum atomic E-state index is -0.189. The second kappa shape index (κ2) is 6.53. The molecule has 3 aromatic rings. The average Bonchev–Trinajstić information content (AvgIpc) is 2.66. The fourth-order valence-electron chi connectivity index (χ4n) is 3.54. The lowest BCUT2D eigenvalue weighted by Gasteiger charge is -2.19. The van der Waals surface area contributed by atoms with Crippen molar-refractivity contribution >= 4 is 34.7 Å². The third kappa shape index (κ3) is 2.86. The van der Waals surface area contributed by atoms with Crippen molar-refractivity contribution in [2.24, 2.45) is 7.05 Å². The first-order chi connectivity index (χ1) is 12.5. The first-order valence-electron chi connectivity index (χ1n) is 8.70. The van der Waals surface area contributed by atoms with Gasteiger partial charge in [-0.3, -0.25) is 14.2 Å². The summed E-state index contributed by atoms with van der Waals surface area (Å²) in [5.74, 6) is -0.189. The van der Waals surface area contributed by atoms with Gasteiger partial charge in [-0.2, -0.15) is 0 Å². The number of rotatable bonds is 2. The highest BCUT2D eigenvalue weighted by atomic mass is 32.1. The summed E-state index contributed by atoms with van der Waals surface area (Å²) in [4.78, 5) is 28.0. The van der Waals surface area contributed by atoms with Crippen molar-refractivity contribution in [3.8, 4) is 0 Å². The lowest BCUT2D eigenvalue weighted by Crippen LogP contribution is -2.19. The number of hydrogen-bond acceptors (Lipinski definition) is 3. The van der Waals surface area contributed by atoms with Gasteiger partial charge in [0.1, 0.15) is 0 Å². The van der Waals surface area contributed by atoms with E-state index in [2.05, 4.69) is 16.4 Å². The Morgan fingerprint density at radius 1 is 1.19 bits per heavy atom. The van der Waals surface area contributed by atoms with Gasteiger partial charge < -0.3 is 10.3 Å². The number of anilines is 1. The Morgan fingerprint density at radius 2 is 2.00 bits per heavy atom. The summed E-state index contributed by atoms with van der Waals surface area (Å²) in [6.07, 6.45) is 4.40. The smallest absolute Gasteiger partial charge is 0.261 e. The number of nitrogens with zero attached hydrogens (tertiary/aromatic N) is 1. The molecule has 0 fully saturated rings. The molecule has 0 saturated heterocycles. The number of fused-ring (bicyclic) bond motifs is 2. The monoisotopic (exact) mass is 365 g/mol. The SMILES string of the molecule is Cn1c(=S)[nH]c2cc(C(=O)Nc3cccc4c3CCCC4)ccc2c1=O. The van der Waals surface area contributed by atoms with Gasteiger partial charge in [0, 0.05) is 18.3 Å². The van der Waals surface area contributed by atoms with Crippen molar-refractivity contribution in [2.75, 3.05) is 5.32 Å². The maximum absolute atomic E-state index is 12.7. The van der Waals surface area contributed by atoms with Gasteiger partial charge in [0.25, 0.3) is 11.5 Å². The fourth-order valence-corrected chi connectivity index (χ4v) is 3.73. The Bertz CT molecular complexity index is 1140. The molecule has 1 aromatic heterocycles. The van der Waals surface area contributed by atoms with E-state index in [-0.39, 0.29) is 11.5 Å². The molecule has 0 unspecified atom stereocenters. The van der Waals surface area contributed by atoms with Crippen LogP contribution in [-0.4, -0.2) is 15.5 Å². The Kier molecular flexibility index (Phi) is 4.20. The Morgan fingerprint density at radius 3 is 2.85 bits per heavy atom. The van der Waals surface area contributed by atoms with Crippen LogP contribution in [0.3, 0.4) is 0 Å². The number of benzene rings is 2. The molecular formula is C20H19N3O2S. The van der Waals surface area contributed by atoms with Gasteiger partial charge in [-0.05, 0) is 73.3 Å². The van der Waals surface area contributed by atoms with E-state index in [1.54, 1.807) is 25.2 Å². The molecule has 4 rings (SSSR count). The second-order valence-corrected chi connectivity index (χ2v) is 7.05. The lowest BCUT2D eigenvalue weighted by atomic mass is 9.90. The Hall–Kier alpha value is -2.73. The van der Waals surface area contributed by atoms with Gasteiger partial charge >= 0.3 is 0 Å². The molecule has 1 heterocycles. The first-order valence-corrected chi connectivity index (χ1v) is 9.10. The zero-order valence-corrected chi connectivity index (χ0v) is 15.3. The molecule has 2 aromatic carbocycles. The van der Waals surface area contributed by atoms with E-state index >= 15 is 0 Å². The van der Waals surface area contributed by atoms with Crippen LogP contribution in [0.2, 0.25) is 0 Å². The number of amides is 1. The number of aromatic nitrogens is 2. The minimum Gasteiger partial charge on any atom is -0.332 e. The van der Waals surface area contributed by atoms with Crippen molar-refractivity contribution in [2.45, 2.75) is 25.7 Å². The van der Waals surface area contributed by atoms with Crippen LogP contribution in [0.4, 0.5) is 5.69 Å². The average molecular weight is 365 g/mol. The molecule has 1 aliphatic rings. The summed E-state index contributed by atoms with van der Waals surface area (Å²) in [6, 6.07) is 11.1. The molecule has 132 valence electrons. The molecule has 2 N–H and O–H groups in total. The molecule has 0 saturated carbocycles. The van der Waals surface area contributed by atoms with Crippen LogP contribution in [0.1, 0.15) is 34.3 Å². The largest absolute Gasteiger partial charge is 0.332 e. The van der Waals surface area contributed by atoms with Crippen LogP contribution in [0.25, 0.3) is 10.9 Å². The second-order valence-electron chi connectivity index (χ2n) is 6.66. The number of hydrogen-bond donors (Lipinski definition) is 2. The van der Waals surface area contributed by atoms with Crippen LogP contribution >= 0.6 is 12.2 Å². The summed E-state index contributed by atoms with van der Waals surface area (Å²) in [5, 5.41) is 3.54. The van der Waals surface area contributed by atoms with Gasteiger partial charge in [-0.1, -0.05) is 12.1 Å². The quantitative estimate of drug-likeness (QED) is 0.680. The van der Waals surface area contributed by atoms with E-state index in [4.69, 9.17) is 12.2 Å². The van der Waals surface area contributed by atoms with E-state index in [9.17, 15) is 9.59 Å².